The summed E-state index contributed by atoms with van der Waals surface area (Å²) in [7, 11) is 2.05. The summed E-state index contributed by atoms with van der Waals surface area (Å²) >= 11 is 0. The number of hydrogen-bond donors (Lipinski definition) is 2. The molecule has 78 valence electrons. The standard InChI is InChI=1S/C10H18N4/c1-11-9-3-6-14(7-4-9)8-10-2-5-12-13-10/h2,5,9,11H,3-4,6-8H2,1H3,(H,12,13). The van der Waals surface area contributed by atoms with Crippen LogP contribution in [0.15, 0.2) is 12.3 Å². The maximum atomic E-state index is 3.95. The van der Waals surface area contributed by atoms with Gasteiger partial charge in [-0.2, -0.15) is 5.10 Å². The van der Waals surface area contributed by atoms with Crippen LogP contribution in [-0.2, 0) is 6.54 Å². The van der Waals surface area contributed by atoms with Gasteiger partial charge in [0.25, 0.3) is 0 Å². The molecule has 2 N–H and O–H groups in total. The highest BCUT2D eigenvalue weighted by molar-refractivity contribution is 4.97. The topological polar surface area (TPSA) is 44.0 Å². The minimum atomic E-state index is 0.716. The summed E-state index contributed by atoms with van der Waals surface area (Å²) in [6.07, 6.45) is 4.32. The smallest absolute Gasteiger partial charge is 0.0492 e. The van der Waals surface area contributed by atoms with Crippen molar-refractivity contribution < 1.29 is 0 Å². The molecule has 0 atom stereocenters. The van der Waals surface area contributed by atoms with Crippen LogP contribution < -0.4 is 5.32 Å². The van der Waals surface area contributed by atoms with E-state index in [1.807, 2.05) is 12.3 Å². The van der Waals surface area contributed by atoms with Crippen molar-refractivity contribution in [2.75, 3.05) is 20.1 Å². The number of likely N-dealkylation sites (tertiary alicyclic amines) is 1. The van der Waals surface area contributed by atoms with Gasteiger partial charge in [0, 0.05) is 37.6 Å². The summed E-state index contributed by atoms with van der Waals surface area (Å²) < 4.78 is 0. The third-order valence-electron chi connectivity index (χ3n) is 2.95. The number of nitrogens with zero attached hydrogens (tertiary/aromatic N) is 2. The van der Waals surface area contributed by atoms with Crippen LogP contribution in [0.1, 0.15) is 18.5 Å². The van der Waals surface area contributed by atoms with Crippen LogP contribution in [0.5, 0.6) is 0 Å². The Morgan fingerprint density at radius 2 is 2.36 bits per heavy atom. The van der Waals surface area contributed by atoms with Gasteiger partial charge < -0.3 is 5.32 Å². The number of H-pyrrole nitrogens is 1. The van der Waals surface area contributed by atoms with Gasteiger partial charge in [-0.1, -0.05) is 0 Å². The minimum Gasteiger partial charge on any atom is -0.317 e. The first kappa shape index (κ1) is 9.68. The molecule has 0 saturated carbocycles. The fraction of sp³-hybridized carbons (Fsp3) is 0.700. The molecule has 1 saturated heterocycles. The lowest BCUT2D eigenvalue weighted by Gasteiger charge is -2.31. The quantitative estimate of drug-likeness (QED) is 0.740. The van der Waals surface area contributed by atoms with Gasteiger partial charge in [-0.05, 0) is 26.0 Å². The molecule has 1 aromatic heterocycles. The first-order valence-corrected chi connectivity index (χ1v) is 5.26. The number of rotatable bonds is 3. The SMILES string of the molecule is CNC1CCN(Cc2ccn[nH]2)CC1. The van der Waals surface area contributed by atoms with Gasteiger partial charge in [0.1, 0.15) is 0 Å². The molecule has 0 aliphatic carbocycles. The third kappa shape index (κ3) is 2.33. The van der Waals surface area contributed by atoms with Gasteiger partial charge in [-0.25, -0.2) is 0 Å². The number of aromatic amines is 1. The Bertz CT molecular complexity index is 249. The Morgan fingerprint density at radius 1 is 1.57 bits per heavy atom. The second-order valence-electron chi connectivity index (χ2n) is 3.92. The van der Waals surface area contributed by atoms with E-state index in [0.29, 0.717) is 6.04 Å². The summed E-state index contributed by atoms with van der Waals surface area (Å²) in [6.45, 7) is 3.38. The van der Waals surface area contributed by atoms with E-state index in [1.165, 1.54) is 31.6 Å². The van der Waals surface area contributed by atoms with E-state index < -0.39 is 0 Å². The van der Waals surface area contributed by atoms with Crippen LogP contribution in [0.3, 0.4) is 0 Å². The molecule has 1 aliphatic heterocycles. The van der Waals surface area contributed by atoms with Gasteiger partial charge in [0.15, 0.2) is 0 Å². The second-order valence-corrected chi connectivity index (χ2v) is 3.92. The molecule has 0 bridgehead atoms. The highest BCUT2D eigenvalue weighted by atomic mass is 15.2. The van der Waals surface area contributed by atoms with Crippen molar-refractivity contribution in [3.05, 3.63) is 18.0 Å². The van der Waals surface area contributed by atoms with Crippen molar-refractivity contribution >= 4 is 0 Å². The van der Waals surface area contributed by atoms with E-state index in [9.17, 15) is 0 Å². The minimum absolute atomic E-state index is 0.716. The zero-order chi connectivity index (χ0) is 9.80. The fourth-order valence-electron chi connectivity index (χ4n) is 1.99. The van der Waals surface area contributed by atoms with Crippen molar-refractivity contribution in [2.45, 2.75) is 25.4 Å². The van der Waals surface area contributed by atoms with E-state index in [4.69, 9.17) is 0 Å². The summed E-state index contributed by atoms with van der Waals surface area (Å²) in [5.41, 5.74) is 1.22. The predicted molar refractivity (Wildman–Crippen MR) is 55.9 cm³/mol. The lowest BCUT2D eigenvalue weighted by Crippen LogP contribution is -2.40. The molecular weight excluding hydrogens is 176 g/mol. The maximum Gasteiger partial charge on any atom is 0.0492 e. The zero-order valence-electron chi connectivity index (χ0n) is 8.66. The first-order valence-electron chi connectivity index (χ1n) is 5.26. The lowest BCUT2D eigenvalue weighted by atomic mass is 10.1. The molecule has 0 spiro atoms. The lowest BCUT2D eigenvalue weighted by molar-refractivity contribution is 0.192. The molecule has 4 nitrogen and oxygen atoms in total. The third-order valence-corrected chi connectivity index (χ3v) is 2.95. The average Bonchev–Trinajstić information content (AvgIpc) is 2.72. The molecule has 2 rings (SSSR count). The highest BCUT2D eigenvalue weighted by Gasteiger charge is 2.17. The number of hydrogen-bond acceptors (Lipinski definition) is 3. The van der Waals surface area contributed by atoms with Gasteiger partial charge in [0.2, 0.25) is 0 Å². The molecule has 1 aromatic rings. The number of aromatic nitrogens is 2. The molecule has 4 heteroatoms. The Balaban J connectivity index is 1.79. The molecule has 1 fully saturated rings. The highest BCUT2D eigenvalue weighted by Crippen LogP contribution is 2.11. The normalized spacial score (nSPS) is 20.1. The molecule has 14 heavy (non-hydrogen) atoms. The molecule has 0 aromatic carbocycles. The van der Waals surface area contributed by atoms with Crippen molar-refractivity contribution in [1.82, 2.24) is 20.4 Å². The van der Waals surface area contributed by atoms with E-state index in [0.717, 1.165) is 6.54 Å². The Hall–Kier alpha value is -0.870. The van der Waals surface area contributed by atoms with Crippen molar-refractivity contribution in [2.24, 2.45) is 0 Å². The predicted octanol–water partition coefficient (Wildman–Crippen LogP) is 0.593. The van der Waals surface area contributed by atoms with Crippen LogP contribution in [0, 0.1) is 0 Å². The van der Waals surface area contributed by atoms with Crippen molar-refractivity contribution in [3.8, 4) is 0 Å². The average molecular weight is 194 g/mol. The summed E-state index contributed by atoms with van der Waals surface area (Å²) in [4.78, 5) is 2.47. The van der Waals surface area contributed by atoms with Gasteiger partial charge in [-0.15, -0.1) is 0 Å². The number of piperidine rings is 1. The Labute approximate surface area is 84.7 Å². The van der Waals surface area contributed by atoms with E-state index in [2.05, 4.69) is 27.5 Å². The summed E-state index contributed by atoms with van der Waals surface area (Å²) in [5, 5.41) is 10.3. The Kier molecular flexibility index (Phi) is 3.16. The van der Waals surface area contributed by atoms with Crippen molar-refractivity contribution in [3.63, 3.8) is 0 Å². The van der Waals surface area contributed by atoms with Crippen LogP contribution in [0.4, 0.5) is 0 Å². The largest absolute Gasteiger partial charge is 0.317 e. The fourth-order valence-corrected chi connectivity index (χ4v) is 1.99. The number of nitrogens with one attached hydrogen (secondary N) is 2. The second kappa shape index (κ2) is 4.57. The van der Waals surface area contributed by atoms with Gasteiger partial charge in [-0.3, -0.25) is 10.00 Å². The molecule has 0 unspecified atom stereocenters. The molecular formula is C10H18N4. The van der Waals surface area contributed by atoms with Crippen molar-refractivity contribution in [1.29, 1.82) is 0 Å². The monoisotopic (exact) mass is 194 g/mol. The first-order chi connectivity index (χ1) is 6.88. The van der Waals surface area contributed by atoms with Crippen LogP contribution in [0.25, 0.3) is 0 Å². The molecule has 1 aliphatic rings. The Morgan fingerprint density at radius 3 is 2.93 bits per heavy atom. The van der Waals surface area contributed by atoms with E-state index >= 15 is 0 Å². The van der Waals surface area contributed by atoms with Crippen LogP contribution >= 0.6 is 0 Å². The molecule has 2 heterocycles. The molecule has 0 amide bonds. The van der Waals surface area contributed by atoms with Crippen LogP contribution in [0.2, 0.25) is 0 Å². The maximum absolute atomic E-state index is 3.95. The van der Waals surface area contributed by atoms with Gasteiger partial charge in [0.05, 0.1) is 0 Å². The van der Waals surface area contributed by atoms with E-state index in [-0.39, 0.29) is 0 Å². The van der Waals surface area contributed by atoms with Gasteiger partial charge >= 0.3 is 0 Å². The van der Waals surface area contributed by atoms with E-state index in [1.54, 1.807) is 0 Å². The molecule has 0 radical (unpaired) electrons. The zero-order valence-corrected chi connectivity index (χ0v) is 8.66. The summed E-state index contributed by atoms with van der Waals surface area (Å²) in [5.74, 6) is 0. The van der Waals surface area contributed by atoms with Crippen LogP contribution in [-0.4, -0.2) is 41.3 Å². The summed E-state index contributed by atoms with van der Waals surface area (Å²) in [6, 6.07) is 2.76.